The van der Waals surface area contributed by atoms with Crippen LogP contribution in [0.5, 0.6) is 0 Å². The van der Waals surface area contributed by atoms with E-state index < -0.39 is 0 Å². The summed E-state index contributed by atoms with van der Waals surface area (Å²) in [5.41, 5.74) is 5.11. The molecule has 0 amide bonds. The van der Waals surface area contributed by atoms with Crippen molar-refractivity contribution in [1.82, 2.24) is 0 Å². The summed E-state index contributed by atoms with van der Waals surface area (Å²) in [6.07, 6.45) is 23.3. The Morgan fingerprint density at radius 3 is 2.13 bits per heavy atom. The molecule has 0 aliphatic heterocycles. The predicted octanol–water partition coefficient (Wildman–Crippen LogP) is 7.38. The summed E-state index contributed by atoms with van der Waals surface area (Å²) in [5.74, 6) is 2.50. The van der Waals surface area contributed by atoms with Crippen molar-refractivity contribution >= 4 is 0 Å². The van der Waals surface area contributed by atoms with Crippen LogP contribution in [-0.2, 0) is 0 Å². The Balaban J connectivity index is 1.90. The molecular formula is C23H36. The van der Waals surface area contributed by atoms with E-state index in [2.05, 4.69) is 25.7 Å². The maximum Gasteiger partial charge on any atom is -0.0159 e. The molecule has 23 heavy (non-hydrogen) atoms. The van der Waals surface area contributed by atoms with E-state index in [1.807, 2.05) is 0 Å². The van der Waals surface area contributed by atoms with Crippen LogP contribution in [-0.4, -0.2) is 0 Å². The highest BCUT2D eigenvalue weighted by atomic mass is 14.3. The number of hydrogen-bond acceptors (Lipinski definition) is 0. The summed E-state index contributed by atoms with van der Waals surface area (Å²) in [6.45, 7) is 6.60. The van der Waals surface area contributed by atoms with Gasteiger partial charge in [0.25, 0.3) is 0 Å². The fourth-order valence-electron chi connectivity index (χ4n) is 5.39. The molecule has 128 valence electrons. The lowest BCUT2D eigenvalue weighted by molar-refractivity contribution is 0.368. The zero-order chi connectivity index (χ0) is 16.1. The van der Waals surface area contributed by atoms with Crippen LogP contribution in [0.4, 0.5) is 0 Å². The Morgan fingerprint density at radius 1 is 0.957 bits per heavy atom. The third kappa shape index (κ3) is 4.01. The maximum atomic E-state index is 4.25. The van der Waals surface area contributed by atoms with E-state index in [4.69, 9.17) is 0 Å². The van der Waals surface area contributed by atoms with Crippen LogP contribution in [0.2, 0.25) is 0 Å². The zero-order valence-corrected chi connectivity index (χ0v) is 15.3. The number of allylic oxidation sites excluding steroid dienone is 5. The molecule has 0 N–H and O–H groups in total. The van der Waals surface area contributed by atoms with Crippen molar-refractivity contribution in [3.63, 3.8) is 0 Å². The largest absolute Gasteiger partial charge is 0.0985 e. The zero-order valence-electron chi connectivity index (χ0n) is 15.3. The van der Waals surface area contributed by atoms with E-state index >= 15 is 0 Å². The molecule has 1 unspecified atom stereocenters. The van der Waals surface area contributed by atoms with Gasteiger partial charge in [0.2, 0.25) is 0 Å². The summed E-state index contributed by atoms with van der Waals surface area (Å²) in [5, 5.41) is 0. The topological polar surface area (TPSA) is 0 Å². The molecule has 0 aromatic heterocycles. The normalized spacial score (nSPS) is 27.9. The summed E-state index contributed by atoms with van der Waals surface area (Å²) in [6, 6.07) is 0. The van der Waals surface area contributed by atoms with E-state index in [9.17, 15) is 0 Å². The van der Waals surface area contributed by atoms with Gasteiger partial charge in [-0.15, -0.1) is 0 Å². The van der Waals surface area contributed by atoms with Crippen molar-refractivity contribution in [2.24, 2.45) is 17.8 Å². The molecule has 0 bridgehead atoms. The van der Waals surface area contributed by atoms with E-state index in [0.29, 0.717) is 0 Å². The van der Waals surface area contributed by atoms with Gasteiger partial charge in [-0.2, -0.15) is 0 Å². The Hall–Kier alpha value is -0.780. The van der Waals surface area contributed by atoms with Gasteiger partial charge < -0.3 is 0 Å². The number of rotatable bonds is 5. The molecule has 0 aromatic rings. The lowest BCUT2D eigenvalue weighted by Gasteiger charge is -2.36. The molecule has 1 atom stereocenters. The second-order valence-electron chi connectivity index (χ2n) is 8.19. The van der Waals surface area contributed by atoms with E-state index in [1.165, 1.54) is 83.5 Å². The van der Waals surface area contributed by atoms with Gasteiger partial charge in [0, 0.05) is 0 Å². The summed E-state index contributed by atoms with van der Waals surface area (Å²) in [4.78, 5) is 0. The third-order valence-electron chi connectivity index (χ3n) is 6.56. The van der Waals surface area contributed by atoms with Crippen LogP contribution >= 0.6 is 0 Å². The molecule has 0 saturated heterocycles. The molecular weight excluding hydrogens is 276 g/mol. The molecule has 3 rings (SSSR count). The van der Waals surface area contributed by atoms with Crippen LogP contribution in [0.3, 0.4) is 0 Å². The second kappa shape index (κ2) is 8.36. The average Bonchev–Trinajstić information content (AvgIpc) is 2.63. The van der Waals surface area contributed by atoms with Crippen molar-refractivity contribution < 1.29 is 0 Å². The lowest BCUT2D eigenvalue weighted by atomic mass is 9.69. The highest BCUT2D eigenvalue weighted by Gasteiger charge is 2.30. The minimum absolute atomic E-state index is 0.803. The van der Waals surface area contributed by atoms with Crippen molar-refractivity contribution in [3.8, 4) is 0 Å². The van der Waals surface area contributed by atoms with Crippen LogP contribution in [0.1, 0.15) is 90.4 Å². The summed E-state index contributed by atoms with van der Waals surface area (Å²) >= 11 is 0. The Kier molecular flexibility index (Phi) is 6.20. The van der Waals surface area contributed by atoms with Gasteiger partial charge in [0.05, 0.1) is 0 Å². The van der Waals surface area contributed by atoms with Gasteiger partial charge >= 0.3 is 0 Å². The predicted molar refractivity (Wildman–Crippen MR) is 101 cm³/mol. The SMILES string of the molecule is C=CC1=C(C2CCCCC2)CC(CCC)C=C1C1CCCCC1. The summed E-state index contributed by atoms with van der Waals surface area (Å²) < 4.78 is 0. The average molecular weight is 313 g/mol. The molecule has 0 heteroatoms. The number of hydrogen-bond donors (Lipinski definition) is 0. The van der Waals surface area contributed by atoms with Crippen molar-refractivity contribution in [3.05, 3.63) is 35.5 Å². The van der Waals surface area contributed by atoms with Crippen molar-refractivity contribution in [1.29, 1.82) is 0 Å². The molecule has 2 saturated carbocycles. The van der Waals surface area contributed by atoms with Crippen LogP contribution in [0.15, 0.2) is 35.5 Å². The molecule has 3 aliphatic rings. The van der Waals surface area contributed by atoms with Crippen LogP contribution in [0.25, 0.3) is 0 Å². The highest BCUT2D eigenvalue weighted by Crippen LogP contribution is 2.45. The minimum atomic E-state index is 0.803. The second-order valence-corrected chi connectivity index (χ2v) is 8.19. The van der Waals surface area contributed by atoms with Gasteiger partial charge in [-0.25, -0.2) is 0 Å². The van der Waals surface area contributed by atoms with Gasteiger partial charge in [0.15, 0.2) is 0 Å². The first-order valence-electron chi connectivity index (χ1n) is 10.4. The van der Waals surface area contributed by atoms with E-state index in [1.54, 1.807) is 16.7 Å². The lowest BCUT2D eigenvalue weighted by Crippen LogP contribution is -2.21. The smallest absolute Gasteiger partial charge is 0.0159 e. The van der Waals surface area contributed by atoms with Crippen LogP contribution in [0, 0.1) is 17.8 Å². The monoisotopic (exact) mass is 312 g/mol. The van der Waals surface area contributed by atoms with Gasteiger partial charge in [-0.05, 0) is 67.4 Å². The first-order chi connectivity index (χ1) is 11.3. The van der Waals surface area contributed by atoms with Crippen LogP contribution < -0.4 is 0 Å². The molecule has 2 fully saturated rings. The molecule has 0 radical (unpaired) electrons. The fourth-order valence-corrected chi connectivity index (χ4v) is 5.39. The minimum Gasteiger partial charge on any atom is -0.0985 e. The van der Waals surface area contributed by atoms with Crippen molar-refractivity contribution in [2.75, 3.05) is 0 Å². The fraction of sp³-hybridized carbons (Fsp3) is 0.739. The molecule has 0 heterocycles. The van der Waals surface area contributed by atoms with Crippen molar-refractivity contribution in [2.45, 2.75) is 90.4 Å². The molecule has 0 nitrogen and oxygen atoms in total. The Morgan fingerprint density at radius 2 is 1.57 bits per heavy atom. The first kappa shape index (κ1) is 17.1. The quantitative estimate of drug-likeness (QED) is 0.497. The summed E-state index contributed by atoms with van der Waals surface area (Å²) in [7, 11) is 0. The van der Waals surface area contributed by atoms with Gasteiger partial charge in [0.1, 0.15) is 0 Å². The third-order valence-corrected chi connectivity index (χ3v) is 6.56. The van der Waals surface area contributed by atoms with Gasteiger partial charge in [-0.1, -0.05) is 76.2 Å². The standard InChI is InChI=1S/C23H36/c1-3-11-18-16-22(19-12-7-5-8-13-19)21(4-2)23(17-18)20-14-9-6-10-15-20/h4,16,18-20H,2-3,5-15,17H2,1H3. The maximum absolute atomic E-state index is 4.25. The molecule has 3 aliphatic carbocycles. The highest BCUT2D eigenvalue weighted by molar-refractivity contribution is 5.48. The first-order valence-corrected chi connectivity index (χ1v) is 10.4. The molecule has 0 aromatic carbocycles. The Bertz CT molecular complexity index is 452. The van der Waals surface area contributed by atoms with Gasteiger partial charge in [-0.3, -0.25) is 0 Å². The molecule has 0 spiro atoms. The van der Waals surface area contributed by atoms with E-state index in [-0.39, 0.29) is 0 Å². The Labute approximate surface area is 144 Å². The van der Waals surface area contributed by atoms with E-state index in [0.717, 1.165) is 17.8 Å².